The number of carbonyl (C=O) groups excluding carboxylic acids is 1. The van der Waals surface area contributed by atoms with Crippen molar-refractivity contribution < 1.29 is 4.79 Å². The highest BCUT2D eigenvalue weighted by atomic mass is 35.5. The molecular weight excluding hydrogens is 274 g/mol. The zero-order chi connectivity index (χ0) is 13.8. The third-order valence-electron chi connectivity index (χ3n) is 3.88. The molecule has 0 radical (unpaired) electrons. The van der Waals surface area contributed by atoms with Crippen LogP contribution in [0.1, 0.15) is 24.0 Å². The Morgan fingerprint density at radius 3 is 2.65 bits per heavy atom. The molecular formula is C15H24ClN3O. The van der Waals surface area contributed by atoms with Crippen LogP contribution in [0.3, 0.4) is 0 Å². The van der Waals surface area contributed by atoms with Gasteiger partial charge in [-0.25, -0.2) is 0 Å². The fourth-order valence-corrected chi connectivity index (χ4v) is 2.39. The molecule has 1 aliphatic heterocycles. The lowest BCUT2D eigenvalue weighted by atomic mass is 10.1. The molecule has 0 aliphatic carbocycles. The second-order valence-corrected chi connectivity index (χ2v) is 5.41. The maximum Gasteiger partial charge on any atom is 0.238 e. The molecule has 2 rings (SSSR count). The third-order valence-corrected chi connectivity index (χ3v) is 3.88. The van der Waals surface area contributed by atoms with Gasteiger partial charge in [0.1, 0.15) is 0 Å². The quantitative estimate of drug-likeness (QED) is 0.898. The smallest absolute Gasteiger partial charge is 0.238 e. The number of benzene rings is 1. The fraction of sp³-hybridized carbons (Fsp3) is 0.533. The van der Waals surface area contributed by atoms with Crippen molar-refractivity contribution in [2.24, 2.45) is 5.73 Å². The lowest BCUT2D eigenvalue weighted by molar-refractivity contribution is -0.117. The van der Waals surface area contributed by atoms with Gasteiger partial charge in [0.25, 0.3) is 0 Å². The van der Waals surface area contributed by atoms with E-state index in [-0.39, 0.29) is 18.3 Å². The van der Waals surface area contributed by atoms with Gasteiger partial charge in [0.2, 0.25) is 5.91 Å². The van der Waals surface area contributed by atoms with Crippen molar-refractivity contribution in [1.29, 1.82) is 0 Å². The van der Waals surface area contributed by atoms with Crippen molar-refractivity contribution in [3.63, 3.8) is 0 Å². The predicted octanol–water partition coefficient (Wildman–Crippen LogP) is 2.09. The summed E-state index contributed by atoms with van der Waals surface area (Å²) < 4.78 is 0. The van der Waals surface area contributed by atoms with Gasteiger partial charge in [0, 0.05) is 24.8 Å². The molecule has 20 heavy (non-hydrogen) atoms. The average Bonchev–Trinajstić information content (AvgIpc) is 2.38. The number of rotatable bonds is 3. The first-order chi connectivity index (χ1) is 9.06. The molecule has 1 aliphatic rings. The zero-order valence-corrected chi connectivity index (χ0v) is 13.0. The number of carbonyl (C=O) groups is 1. The molecule has 1 heterocycles. The van der Waals surface area contributed by atoms with Crippen molar-refractivity contribution in [2.45, 2.75) is 32.7 Å². The average molecular weight is 298 g/mol. The summed E-state index contributed by atoms with van der Waals surface area (Å²) in [6, 6.07) is 6.28. The highest BCUT2D eigenvalue weighted by Crippen LogP contribution is 2.18. The topological polar surface area (TPSA) is 58.4 Å². The van der Waals surface area contributed by atoms with E-state index < -0.39 is 0 Å². The number of anilines is 1. The molecule has 1 aromatic rings. The molecule has 3 N–H and O–H groups in total. The first-order valence-corrected chi connectivity index (χ1v) is 6.90. The van der Waals surface area contributed by atoms with E-state index in [1.54, 1.807) is 0 Å². The summed E-state index contributed by atoms with van der Waals surface area (Å²) in [5.74, 6) is 0.0594. The number of hydrogen-bond donors (Lipinski definition) is 2. The molecule has 0 atom stereocenters. The molecule has 1 saturated heterocycles. The monoisotopic (exact) mass is 297 g/mol. The van der Waals surface area contributed by atoms with Gasteiger partial charge in [0.05, 0.1) is 6.54 Å². The van der Waals surface area contributed by atoms with Crippen molar-refractivity contribution >= 4 is 24.0 Å². The van der Waals surface area contributed by atoms with Crippen molar-refractivity contribution in [3.05, 3.63) is 29.3 Å². The fourth-order valence-electron chi connectivity index (χ4n) is 2.39. The maximum absolute atomic E-state index is 12.0. The van der Waals surface area contributed by atoms with Gasteiger partial charge < -0.3 is 11.1 Å². The van der Waals surface area contributed by atoms with E-state index in [4.69, 9.17) is 5.73 Å². The number of likely N-dealkylation sites (tertiary alicyclic amines) is 1. The highest BCUT2D eigenvalue weighted by Gasteiger charge is 2.18. The summed E-state index contributed by atoms with van der Waals surface area (Å²) in [5.41, 5.74) is 9.11. The first kappa shape index (κ1) is 17.0. The molecule has 1 fully saturated rings. The van der Waals surface area contributed by atoms with Gasteiger partial charge in [0.15, 0.2) is 0 Å². The van der Waals surface area contributed by atoms with E-state index in [0.717, 1.165) is 37.2 Å². The van der Waals surface area contributed by atoms with E-state index in [2.05, 4.69) is 23.2 Å². The standard InChI is InChI=1S/C15H23N3O.ClH/c1-11-4-3-5-14(12(11)2)17-15(19)10-18-8-6-13(16)7-9-18;/h3-5,13H,6-10,16H2,1-2H3,(H,17,19);1H. The van der Waals surface area contributed by atoms with Crippen LogP contribution in [0.25, 0.3) is 0 Å². The molecule has 0 aromatic heterocycles. The van der Waals surface area contributed by atoms with Crippen molar-refractivity contribution in [1.82, 2.24) is 4.90 Å². The number of hydrogen-bond acceptors (Lipinski definition) is 3. The molecule has 4 nitrogen and oxygen atoms in total. The number of aryl methyl sites for hydroxylation is 1. The van der Waals surface area contributed by atoms with Crippen LogP contribution < -0.4 is 11.1 Å². The summed E-state index contributed by atoms with van der Waals surface area (Å²) in [5, 5.41) is 3.00. The maximum atomic E-state index is 12.0. The number of nitrogens with two attached hydrogens (primary N) is 1. The lowest BCUT2D eigenvalue weighted by Crippen LogP contribution is -2.43. The van der Waals surface area contributed by atoms with E-state index >= 15 is 0 Å². The number of piperidine rings is 1. The van der Waals surface area contributed by atoms with E-state index in [1.807, 2.05) is 19.1 Å². The summed E-state index contributed by atoms with van der Waals surface area (Å²) in [4.78, 5) is 14.2. The van der Waals surface area contributed by atoms with Gasteiger partial charge in [-0.1, -0.05) is 12.1 Å². The Labute approximate surface area is 127 Å². The Hall–Kier alpha value is -1.10. The van der Waals surface area contributed by atoms with Gasteiger partial charge in [-0.05, 0) is 43.9 Å². The second kappa shape index (κ2) is 7.62. The molecule has 1 aromatic carbocycles. The van der Waals surface area contributed by atoms with E-state index in [1.165, 1.54) is 5.56 Å². The normalized spacial score (nSPS) is 16.6. The number of amides is 1. The van der Waals surface area contributed by atoms with Gasteiger partial charge in [-0.2, -0.15) is 0 Å². The third kappa shape index (κ3) is 4.47. The van der Waals surface area contributed by atoms with Crippen LogP contribution in [0.4, 0.5) is 5.69 Å². The number of halogens is 1. The lowest BCUT2D eigenvalue weighted by Gasteiger charge is -2.29. The summed E-state index contributed by atoms with van der Waals surface area (Å²) in [6.07, 6.45) is 1.97. The van der Waals surface area contributed by atoms with Gasteiger partial charge >= 0.3 is 0 Å². The van der Waals surface area contributed by atoms with Crippen LogP contribution in [-0.2, 0) is 4.79 Å². The molecule has 0 unspecified atom stereocenters. The number of nitrogens with zero attached hydrogens (tertiary/aromatic N) is 1. The Morgan fingerprint density at radius 2 is 2.00 bits per heavy atom. The second-order valence-electron chi connectivity index (χ2n) is 5.41. The first-order valence-electron chi connectivity index (χ1n) is 6.90. The molecule has 0 saturated carbocycles. The molecule has 112 valence electrons. The molecule has 5 heteroatoms. The Bertz CT molecular complexity index is 456. The van der Waals surface area contributed by atoms with E-state index in [9.17, 15) is 4.79 Å². The summed E-state index contributed by atoms with van der Waals surface area (Å²) in [7, 11) is 0. The van der Waals surface area contributed by atoms with Gasteiger partial charge in [-0.3, -0.25) is 9.69 Å². The van der Waals surface area contributed by atoms with Crippen LogP contribution in [0.5, 0.6) is 0 Å². The molecule has 1 amide bonds. The SMILES string of the molecule is Cc1cccc(NC(=O)CN2CCC(N)CC2)c1C.Cl. The largest absolute Gasteiger partial charge is 0.328 e. The Morgan fingerprint density at radius 1 is 1.35 bits per heavy atom. The van der Waals surface area contributed by atoms with Crippen LogP contribution in [0, 0.1) is 13.8 Å². The zero-order valence-electron chi connectivity index (χ0n) is 12.2. The van der Waals surface area contributed by atoms with Crippen molar-refractivity contribution in [3.8, 4) is 0 Å². The summed E-state index contributed by atoms with van der Waals surface area (Å²) >= 11 is 0. The highest BCUT2D eigenvalue weighted by molar-refractivity contribution is 5.93. The number of nitrogens with one attached hydrogen (secondary N) is 1. The minimum atomic E-state index is 0. The Kier molecular flexibility index (Phi) is 6.46. The minimum absolute atomic E-state index is 0. The molecule has 0 spiro atoms. The molecule has 0 bridgehead atoms. The van der Waals surface area contributed by atoms with Crippen molar-refractivity contribution in [2.75, 3.05) is 25.0 Å². The minimum Gasteiger partial charge on any atom is -0.328 e. The van der Waals surface area contributed by atoms with Crippen LogP contribution >= 0.6 is 12.4 Å². The van der Waals surface area contributed by atoms with E-state index in [0.29, 0.717) is 12.6 Å². The predicted molar refractivity (Wildman–Crippen MR) is 85.4 cm³/mol. The van der Waals surface area contributed by atoms with Crippen LogP contribution in [0.2, 0.25) is 0 Å². The van der Waals surface area contributed by atoms with Gasteiger partial charge in [-0.15, -0.1) is 12.4 Å². The summed E-state index contributed by atoms with van der Waals surface area (Å²) in [6.45, 7) is 6.38. The van der Waals surface area contributed by atoms with Crippen LogP contribution in [0.15, 0.2) is 18.2 Å². The Balaban J connectivity index is 0.00000200. The van der Waals surface area contributed by atoms with Crippen LogP contribution in [-0.4, -0.2) is 36.5 Å².